The number of rotatable bonds is 1. The average molecular weight is 211 g/mol. The van der Waals surface area contributed by atoms with Crippen LogP contribution in [0.3, 0.4) is 0 Å². The van der Waals surface area contributed by atoms with Crippen LogP contribution in [0.15, 0.2) is 0 Å². The number of hydrogen-bond donors (Lipinski definition) is 0. The lowest BCUT2D eigenvalue weighted by Crippen LogP contribution is -2.43. The van der Waals surface area contributed by atoms with E-state index in [0.717, 1.165) is 19.3 Å². The first-order valence-corrected chi connectivity index (χ1v) is 6.05. The molecule has 3 nitrogen and oxygen atoms in total. The van der Waals surface area contributed by atoms with Crippen molar-refractivity contribution in [3.8, 4) is 0 Å². The molecule has 0 spiro atoms. The van der Waals surface area contributed by atoms with Crippen LogP contribution >= 0.6 is 0 Å². The minimum Gasteiger partial charge on any atom is -0.356 e. The third-order valence-corrected chi connectivity index (χ3v) is 3.66. The highest BCUT2D eigenvalue weighted by molar-refractivity contribution is 5.80. The molecule has 1 amide bonds. The predicted molar refractivity (Wildman–Crippen MR) is 58.2 cm³/mol. The van der Waals surface area contributed by atoms with Gasteiger partial charge in [-0.05, 0) is 32.1 Å². The Kier molecular flexibility index (Phi) is 3.01. The maximum absolute atomic E-state index is 12.3. The van der Waals surface area contributed by atoms with Crippen LogP contribution in [-0.4, -0.2) is 29.7 Å². The van der Waals surface area contributed by atoms with Gasteiger partial charge in [-0.3, -0.25) is 4.79 Å². The molecule has 0 aromatic rings. The van der Waals surface area contributed by atoms with E-state index >= 15 is 0 Å². The molecule has 0 radical (unpaired) electrons. The fourth-order valence-corrected chi connectivity index (χ4v) is 2.72. The third-order valence-electron chi connectivity index (χ3n) is 3.66. The number of carbonyl (C=O) groups excluding carboxylic acids is 1. The zero-order chi connectivity index (χ0) is 11.0. The standard InChI is InChI=1S/C12H21NO2/c1-8(2)10-5-4-6-11-13(12(10)14)9(3)7-15-11/h8-11H,4-7H2,1-3H3/t9-,10-,11-/m1/s1. The monoisotopic (exact) mass is 211 g/mol. The van der Waals surface area contributed by atoms with Gasteiger partial charge < -0.3 is 9.64 Å². The van der Waals surface area contributed by atoms with Crippen LogP contribution in [0.2, 0.25) is 0 Å². The molecule has 0 unspecified atom stereocenters. The number of carbonyl (C=O) groups is 1. The summed E-state index contributed by atoms with van der Waals surface area (Å²) in [6, 6.07) is 0.266. The lowest BCUT2D eigenvalue weighted by Gasteiger charge is -2.28. The molecule has 0 aromatic heterocycles. The Bertz CT molecular complexity index is 252. The van der Waals surface area contributed by atoms with Gasteiger partial charge in [-0.15, -0.1) is 0 Å². The van der Waals surface area contributed by atoms with Crippen molar-refractivity contribution in [1.82, 2.24) is 4.90 Å². The largest absolute Gasteiger partial charge is 0.356 e. The molecule has 0 N–H and O–H groups in total. The van der Waals surface area contributed by atoms with Crippen LogP contribution in [0.1, 0.15) is 40.0 Å². The fourth-order valence-electron chi connectivity index (χ4n) is 2.72. The average Bonchev–Trinajstić information content (AvgIpc) is 2.43. The van der Waals surface area contributed by atoms with Crippen LogP contribution in [0.25, 0.3) is 0 Å². The Labute approximate surface area is 91.8 Å². The van der Waals surface area contributed by atoms with Gasteiger partial charge in [-0.2, -0.15) is 0 Å². The van der Waals surface area contributed by atoms with Crippen molar-refractivity contribution in [2.24, 2.45) is 11.8 Å². The summed E-state index contributed by atoms with van der Waals surface area (Å²) >= 11 is 0. The smallest absolute Gasteiger partial charge is 0.228 e. The SMILES string of the molecule is CC(C)[C@H]1CCC[C@H]2OC[C@@H](C)N2C1=O. The zero-order valence-corrected chi connectivity index (χ0v) is 9.90. The van der Waals surface area contributed by atoms with Gasteiger partial charge in [0.2, 0.25) is 5.91 Å². The highest BCUT2D eigenvalue weighted by atomic mass is 16.5. The molecule has 2 fully saturated rings. The summed E-state index contributed by atoms with van der Waals surface area (Å²) in [4.78, 5) is 14.3. The Hall–Kier alpha value is -0.570. The summed E-state index contributed by atoms with van der Waals surface area (Å²) in [7, 11) is 0. The van der Waals surface area contributed by atoms with E-state index in [1.54, 1.807) is 0 Å². The van der Waals surface area contributed by atoms with E-state index < -0.39 is 0 Å². The van der Waals surface area contributed by atoms with E-state index in [1.807, 2.05) is 4.90 Å². The van der Waals surface area contributed by atoms with Crippen LogP contribution < -0.4 is 0 Å². The topological polar surface area (TPSA) is 29.5 Å². The van der Waals surface area contributed by atoms with Crippen molar-refractivity contribution in [3.05, 3.63) is 0 Å². The third kappa shape index (κ3) is 1.89. The molecule has 2 heterocycles. The maximum Gasteiger partial charge on any atom is 0.228 e. The minimum absolute atomic E-state index is 0.0660. The van der Waals surface area contributed by atoms with Crippen LogP contribution in [0, 0.1) is 11.8 Å². The van der Waals surface area contributed by atoms with Crippen LogP contribution in [-0.2, 0) is 9.53 Å². The maximum atomic E-state index is 12.3. The zero-order valence-electron chi connectivity index (χ0n) is 9.90. The highest BCUT2D eigenvalue weighted by Gasteiger charge is 2.40. The van der Waals surface area contributed by atoms with Crippen molar-refractivity contribution in [2.75, 3.05) is 6.61 Å². The van der Waals surface area contributed by atoms with E-state index in [2.05, 4.69) is 20.8 Å². The number of hydrogen-bond acceptors (Lipinski definition) is 2. The number of ether oxygens (including phenoxy) is 1. The second-order valence-electron chi connectivity index (χ2n) is 5.16. The summed E-state index contributed by atoms with van der Waals surface area (Å²) in [6.45, 7) is 7.08. The van der Waals surface area contributed by atoms with Crippen LogP contribution in [0.5, 0.6) is 0 Å². The molecule has 3 heteroatoms. The van der Waals surface area contributed by atoms with E-state index in [-0.39, 0.29) is 18.2 Å². The first-order valence-electron chi connectivity index (χ1n) is 6.05. The van der Waals surface area contributed by atoms with Gasteiger partial charge in [0.05, 0.1) is 12.6 Å². The molecule has 2 rings (SSSR count). The molecule has 0 aliphatic carbocycles. The second kappa shape index (κ2) is 4.12. The molecular weight excluding hydrogens is 190 g/mol. The lowest BCUT2D eigenvalue weighted by atomic mass is 9.90. The van der Waals surface area contributed by atoms with Crippen molar-refractivity contribution in [3.63, 3.8) is 0 Å². The molecule has 0 aromatic carbocycles. The van der Waals surface area contributed by atoms with Gasteiger partial charge in [-0.1, -0.05) is 13.8 Å². The summed E-state index contributed by atoms with van der Waals surface area (Å²) in [6.07, 6.45) is 3.22. The van der Waals surface area contributed by atoms with Gasteiger partial charge in [0, 0.05) is 5.92 Å². The normalized spacial score (nSPS) is 36.9. The quantitative estimate of drug-likeness (QED) is 0.664. The fraction of sp³-hybridized carbons (Fsp3) is 0.917. The number of amides is 1. The molecular formula is C12H21NO2. The minimum atomic E-state index is 0.0660. The van der Waals surface area contributed by atoms with Gasteiger partial charge in [0.25, 0.3) is 0 Å². The summed E-state index contributed by atoms with van der Waals surface area (Å²) in [5.74, 6) is 0.973. The van der Waals surface area contributed by atoms with E-state index in [0.29, 0.717) is 18.4 Å². The first kappa shape index (κ1) is 10.9. The molecule has 15 heavy (non-hydrogen) atoms. The number of fused-ring (bicyclic) bond motifs is 1. The predicted octanol–water partition coefficient (Wildman–Crippen LogP) is 2.02. The van der Waals surface area contributed by atoms with Crippen molar-refractivity contribution in [1.29, 1.82) is 0 Å². The van der Waals surface area contributed by atoms with Crippen LogP contribution in [0.4, 0.5) is 0 Å². The molecule has 2 aliphatic heterocycles. The van der Waals surface area contributed by atoms with Gasteiger partial charge in [-0.25, -0.2) is 0 Å². The molecule has 2 aliphatic rings. The van der Waals surface area contributed by atoms with Crippen molar-refractivity contribution < 1.29 is 9.53 Å². The second-order valence-corrected chi connectivity index (χ2v) is 5.16. The number of nitrogens with zero attached hydrogens (tertiary/aromatic N) is 1. The lowest BCUT2D eigenvalue weighted by molar-refractivity contribution is -0.141. The Balaban J connectivity index is 2.18. The van der Waals surface area contributed by atoms with Gasteiger partial charge >= 0.3 is 0 Å². The summed E-state index contributed by atoms with van der Waals surface area (Å²) in [5, 5.41) is 0. The summed E-state index contributed by atoms with van der Waals surface area (Å²) in [5.41, 5.74) is 0. The summed E-state index contributed by atoms with van der Waals surface area (Å²) < 4.78 is 5.65. The Morgan fingerprint density at radius 3 is 2.80 bits per heavy atom. The molecule has 2 saturated heterocycles. The Morgan fingerprint density at radius 2 is 2.13 bits per heavy atom. The molecule has 3 atom stereocenters. The van der Waals surface area contributed by atoms with E-state index in [4.69, 9.17) is 4.74 Å². The molecule has 86 valence electrons. The Morgan fingerprint density at radius 1 is 1.40 bits per heavy atom. The van der Waals surface area contributed by atoms with Gasteiger partial charge in [0.15, 0.2) is 0 Å². The first-order chi connectivity index (χ1) is 7.11. The van der Waals surface area contributed by atoms with Crippen molar-refractivity contribution in [2.45, 2.75) is 52.3 Å². The van der Waals surface area contributed by atoms with Gasteiger partial charge in [0.1, 0.15) is 6.23 Å². The highest BCUT2D eigenvalue weighted by Crippen LogP contribution is 2.32. The van der Waals surface area contributed by atoms with E-state index in [9.17, 15) is 4.79 Å². The van der Waals surface area contributed by atoms with Crippen molar-refractivity contribution >= 4 is 5.91 Å². The molecule has 0 saturated carbocycles. The molecule has 0 bridgehead atoms. The van der Waals surface area contributed by atoms with E-state index in [1.165, 1.54) is 0 Å².